The number of aromatic nitrogens is 2. The third-order valence-corrected chi connectivity index (χ3v) is 5.10. The number of hydrogen-bond donors (Lipinski definition) is 1. The molecule has 1 N–H and O–H groups in total. The minimum atomic E-state index is 0.426. The molecule has 1 aliphatic rings. The van der Waals surface area contributed by atoms with Crippen LogP contribution in [0.3, 0.4) is 0 Å². The first-order chi connectivity index (χ1) is 7.80. The number of hydrogen-bond acceptors (Lipinski definition) is 2. The van der Waals surface area contributed by atoms with Gasteiger partial charge in [-0.15, -0.1) is 0 Å². The van der Waals surface area contributed by atoms with Crippen LogP contribution in [-0.2, 0) is 13.5 Å². The lowest BCUT2D eigenvalue weighted by molar-refractivity contribution is 0.417. The van der Waals surface area contributed by atoms with Crippen LogP contribution in [0.2, 0.25) is 0 Å². The fourth-order valence-corrected chi connectivity index (χ4v) is 3.44. The molecule has 1 fully saturated rings. The Hall–Kier alpha value is -0.830. The summed E-state index contributed by atoms with van der Waals surface area (Å²) in [4.78, 5) is 0. The normalized spacial score (nSPS) is 23.6. The number of rotatable bonds is 4. The molecule has 0 spiro atoms. The van der Waals surface area contributed by atoms with Gasteiger partial charge in [-0.1, -0.05) is 27.7 Å². The van der Waals surface area contributed by atoms with Gasteiger partial charge in [0.25, 0.3) is 0 Å². The summed E-state index contributed by atoms with van der Waals surface area (Å²) in [5.41, 5.74) is 2.04. The van der Waals surface area contributed by atoms with Gasteiger partial charge in [0, 0.05) is 25.7 Å². The molecule has 0 saturated heterocycles. The Kier molecular flexibility index (Phi) is 2.85. The first-order valence-electron chi connectivity index (χ1n) is 6.46. The number of nitrogens with one attached hydrogen (secondary N) is 1. The average Bonchev–Trinajstić information content (AvgIpc) is 2.55. The maximum Gasteiger partial charge on any atom is 0.0640 e. The number of likely N-dealkylation sites (N-methyl/N-ethyl adjacent to an activating group) is 1. The van der Waals surface area contributed by atoms with Crippen LogP contribution in [0.5, 0.6) is 0 Å². The predicted octanol–water partition coefficient (Wildman–Crippen LogP) is 2.23. The minimum Gasteiger partial charge on any atom is -0.316 e. The van der Waals surface area contributed by atoms with Gasteiger partial charge in [0.05, 0.1) is 5.69 Å². The van der Waals surface area contributed by atoms with E-state index in [4.69, 9.17) is 0 Å². The second-order valence-electron chi connectivity index (χ2n) is 6.50. The third-order valence-electron chi connectivity index (χ3n) is 5.10. The van der Waals surface area contributed by atoms with Crippen molar-refractivity contribution in [1.29, 1.82) is 0 Å². The van der Waals surface area contributed by atoms with Crippen molar-refractivity contribution in [2.24, 2.45) is 23.8 Å². The first kappa shape index (κ1) is 12.6. The Bertz CT molecular complexity index is 389. The van der Waals surface area contributed by atoms with Gasteiger partial charge in [-0.3, -0.25) is 4.68 Å². The Labute approximate surface area is 105 Å². The van der Waals surface area contributed by atoms with Gasteiger partial charge in [-0.25, -0.2) is 0 Å². The van der Waals surface area contributed by atoms with Crippen LogP contribution >= 0.6 is 0 Å². The summed E-state index contributed by atoms with van der Waals surface area (Å²) in [5.74, 6) is 0.724. The lowest BCUT2D eigenvalue weighted by atomic mass is 10.00. The smallest absolute Gasteiger partial charge is 0.0640 e. The summed E-state index contributed by atoms with van der Waals surface area (Å²) in [6.07, 6.45) is 3.04. The SMILES string of the molecule is CNC(Cc1ccn(C)n1)C1C(C)(C)C1(C)C. The second-order valence-corrected chi connectivity index (χ2v) is 6.50. The number of aryl methyl sites for hydroxylation is 1. The van der Waals surface area contributed by atoms with Gasteiger partial charge >= 0.3 is 0 Å². The van der Waals surface area contributed by atoms with E-state index in [1.54, 1.807) is 0 Å². The van der Waals surface area contributed by atoms with Crippen molar-refractivity contribution in [3.05, 3.63) is 18.0 Å². The van der Waals surface area contributed by atoms with E-state index in [-0.39, 0.29) is 0 Å². The van der Waals surface area contributed by atoms with Crippen LogP contribution < -0.4 is 5.32 Å². The molecule has 1 unspecified atom stereocenters. The molecule has 1 aromatic heterocycles. The van der Waals surface area contributed by atoms with E-state index in [2.05, 4.69) is 51.2 Å². The standard InChI is InChI=1S/C14H25N3/c1-13(2)12(14(13,3)4)11(15-5)9-10-7-8-17(6)16-10/h7-8,11-12,15H,9H2,1-6H3. The van der Waals surface area contributed by atoms with Crippen molar-refractivity contribution in [2.45, 2.75) is 40.2 Å². The van der Waals surface area contributed by atoms with Crippen molar-refractivity contribution >= 4 is 0 Å². The fraction of sp³-hybridized carbons (Fsp3) is 0.786. The highest BCUT2D eigenvalue weighted by Gasteiger charge is 2.66. The molecule has 1 atom stereocenters. The lowest BCUT2D eigenvalue weighted by Gasteiger charge is -2.17. The van der Waals surface area contributed by atoms with Crippen LogP contribution in [0.4, 0.5) is 0 Å². The van der Waals surface area contributed by atoms with E-state index in [1.165, 1.54) is 5.69 Å². The van der Waals surface area contributed by atoms with Gasteiger partial charge in [-0.05, 0) is 29.9 Å². The molecular formula is C14H25N3. The van der Waals surface area contributed by atoms with E-state index in [9.17, 15) is 0 Å². The Morgan fingerprint density at radius 3 is 2.29 bits per heavy atom. The highest BCUT2D eigenvalue weighted by atomic mass is 15.2. The number of nitrogens with zero attached hydrogens (tertiary/aromatic N) is 2. The predicted molar refractivity (Wildman–Crippen MR) is 70.8 cm³/mol. The molecule has 0 aromatic carbocycles. The molecule has 1 aliphatic carbocycles. The van der Waals surface area contributed by atoms with E-state index in [1.807, 2.05) is 17.9 Å². The molecule has 0 bridgehead atoms. The summed E-state index contributed by atoms with van der Waals surface area (Å²) in [5, 5.41) is 7.96. The molecule has 1 heterocycles. The van der Waals surface area contributed by atoms with Gasteiger partial charge in [-0.2, -0.15) is 5.10 Å². The van der Waals surface area contributed by atoms with Crippen molar-refractivity contribution in [2.75, 3.05) is 7.05 Å². The van der Waals surface area contributed by atoms with Crippen LogP contribution in [-0.4, -0.2) is 22.9 Å². The Balaban J connectivity index is 2.09. The minimum absolute atomic E-state index is 0.426. The van der Waals surface area contributed by atoms with E-state index >= 15 is 0 Å². The molecule has 0 aliphatic heterocycles. The average molecular weight is 235 g/mol. The van der Waals surface area contributed by atoms with Crippen molar-refractivity contribution in [1.82, 2.24) is 15.1 Å². The molecule has 1 aromatic rings. The van der Waals surface area contributed by atoms with E-state index in [0.29, 0.717) is 16.9 Å². The van der Waals surface area contributed by atoms with Gasteiger partial charge in [0.15, 0.2) is 0 Å². The molecule has 0 amide bonds. The molecule has 2 rings (SSSR count). The maximum absolute atomic E-state index is 4.48. The van der Waals surface area contributed by atoms with Crippen LogP contribution in [0.1, 0.15) is 33.4 Å². The topological polar surface area (TPSA) is 29.9 Å². The van der Waals surface area contributed by atoms with Crippen LogP contribution in [0.25, 0.3) is 0 Å². The summed E-state index contributed by atoms with van der Waals surface area (Å²) in [6, 6.07) is 2.64. The molecule has 0 radical (unpaired) electrons. The van der Waals surface area contributed by atoms with Gasteiger partial charge in [0.2, 0.25) is 0 Å². The van der Waals surface area contributed by atoms with Crippen LogP contribution in [0, 0.1) is 16.7 Å². The summed E-state index contributed by atoms with van der Waals surface area (Å²) in [7, 11) is 4.04. The Morgan fingerprint density at radius 2 is 1.94 bits per heavy atom. The molecule has 3 nitrogen and oxygen atoms in total. The summed E-state index contributed by atoms with van der Waals surface area (Å²) in [6.45, 7) is 9.50. The molecule has 1 saturated carbocycles. The van der Waals surface area contributed by atoms with Gasteiger partial charge < -0.3 is 5.32 Å². The highest BCUT2D eigenvalue weighted by Crippen LogP contribution is 2.69. The first-order valence-corrected chi connectivity index (χ1v) is 6.46. The Morgan fingerprint density at radius 1 is 1.35 bits per heavy atom. The van der Waals surface area contributed by atoms with Crippen molar-refractivity contribution < 1.29 is 0 Å². The van der Waals surface area contributed by atoms with Gasteiger partial charge in [0.1, 0.15) is 0 Å². The largest absolute Gasteiger partial charge is 0.316 e. The second kappa shape index (κ2) is 3.84. The van der Waals surface area contributed by atoms with Crippen LogP contribution in [0.15, 0.2) is 12.3 Å². The zero-order valence-electron chi connectivity index (χ0n) is 11.9. The fourth-order valence-electron chi connectivity index (χ4n) is 3.44. The third kappa shape index (κ3) is 1.90. The zero-order chi connectivity index (χ0) is 12.8. The summed E-state index contributed by atoms with van der Waals surface area (Å²) < 4.78 is 1.88. The van der Waals surface area contributed by atoms with E-state index < -0.39 is 0 Å². The zero-order valence-corrected chi connectivity index (χ0v) is 11.9. The quantitative estimate of drug-likeness (QED) is 0.867. The van der Waals surface area contributed by atoms with Crippen molar-refractivity contribution in [3.8, 4) is 0 Å². The molecular weight excluding hydrogens is 210 g/mol. The molecule has 17 heavy (non-hydrogen) atoms. The summed E-state index contributed by atoms with van der Waals surface area (Å²) >= 11 is 0. The maximum atomic E-state index is 4.48. The van der Waals surface area contributed by atoms with E-state index in [0.717, 1.165) is 12.3 Å². The highest BCUT2D eigenvalue weighted by molar-refractivity contribution is 5.18. The van der Waals surface area contributed by atoms with Crippen molar-refractivity contribution in [3.63, 3.8) is 0 Å². The molecule has 3 heteroatoms. The lowest BCUT2D eigenvalue weighted by Crippen LogP contribution is -2.32. The monoisotopic (exact) mass is 235 g/mol. The molecule has 96 valence electrons.